The van der Waals surface area contributed by atoms with E-state index >= 15 is 0 Å². The molecule has 0 N–H and O–H groups in total. The van der Waals surface area contributed by atoms with Gasteiger partial charge in [0, 0.05) is 31.7 Å². The van der Waals surface area contributed by atoms with Crippen LogP contribution < -0.4 is 0 Å². The van der Waals surface area contributed by atoms with E-state index in [1.54, 1.807) is 6.08 Å². The van der Waals surface area contributed by atoms with Crippen molar-refractivity contribution < 1.29 is 9.53 Å². The van der Waals surface area contributed by atoms with Gasteiger partial charge in [0.25, 0.3) is 0 Å². The summed E-state index contributed by atoms with van der Waals surface area (Å²) in [6.45, 7) is 9.18. The molecule has 0 bridgehead atoms. The van der Waals surface area contributed by atoms with Crippen LogP contribution in [0.1, 0.15) is 27.2 Å². The summed E-state index contributed by atoms with van der Waals surface area (Å²) in [6.07, 6.45) is 2.79. The van der Waals surface area contributed by atoms with Gasteiger partial charge in [0.15, 0.2) is 0 Å². The summed E-state index contributed by atoms with van der Waals surface area (Å²) >= 11 is 0. The van der Waals surface area contributed by atoms with Gasteiger partial charge in [0.05, 0.1) is 6.61 Å². The van der Waals surface area contributed by atoms with Crippen LogP contribution >= 0.6 is 0 Å². The first-order valence-corrected chi connectivity index (χ1v) is 5.65. The molecule has 1 amide bonds. The second-order valence-electron chi connectivity index (χ2n) is 4.33. The molecular weight excluding hydrogens is 190 g/mol. The molecule has 0 unspecified atom stereocenters. The lowest BCUT2D eigenvalue weighted by molar-refractivity contribution is -0.126. The summed E-state index contributed by atoms with van der Waals surface area (Å²) in [5.41, 5.74) is 1.06. The Balaban J connectivity index is 2.47. The molecule has 1 aliphatic heterocycles. The van der Waals surface area contributed by atoms with E-state index in [4.69, 9.17) is 4.74 Å². The molecule has 3 heteroatoms. The number of likely N-dealkylation sites (N-methyl/N-ethyl adjacent to an activating group) is 1. The van der Waals surface area contributed by atoms with Gasteiger partial charge < -0.3 is 9.64 Å². The lowest BCUT2D eigenvalue weighted by atomic mass is 10.1. The zero-order valence-corrected chi connectivity index (χ0v) is 9.95. The number of nitrogens with zero attached hydrogens (tertiary/aromatic N) is 1. The molecule has 0 spiro atoms. The largest absolute Gasteiger partial charge is 0.381 e. The molecule has 0 saturated carbocycles. The van der Waals surface area contributed by atoms with E-state index in [1.165, 1.54) is 0 Å². The van der Waals surface area contributed by atoms with Crippen molar-refractivity contribution in [1.82, 2.24) is 4.90 Å². The van der Waals surface area contributed by atoms with E-state index in [0.29, 0.717) is 5.92 Å². The highest BCUT2D eigenvalue weighted by Crippen LogP contribution is 2.14. The minimum atomic E-state index is 0.129. The Kier molecular flexibility index (Phi) is 4.82. The van der Waals surface area contributed by atoms with Crippen molar-refractivity contribution in [1.29, 1.82) is 0 Å². The summed E-state index contributed by atoms with van der Waals surface area (Å²) in [7, 11) is 0. The third-order valence-corrected chi connectivity index (χ3v) is 2.61. The molecule has 0 aliphatic carbocycles. The Hall–Kier alpha value is -0.830. The lowest BCUT2D eigenvalue weighted by Crippen LogP contribution is -2.34. The predicted molar refractivity (Wildman–Crippen MR) is 60.6 cm³/mol. The molecule has 1 atom stereocenters. The van der Waals surface area contributed by atoms with Crippen molar-refractivity contribution in [2.24, 2.45) is 5.92 Å². The molecule has 1 heterocycles. The third-order valence-electron chi connectivity index (χ3n) is 2.61. The van der Waals surface area contributed by atoms with Gasteiger partial charge in [-0.2, -0.15) is 0 Å². The summed E-state index contributed by atoms with van der Waals surface area (Å²) in [6, 6.07) is 0. The van der Waals surface area contributed by atoms with Crippen molar-refractivity contribution in [2.45, 2.75) is 27.2 Å². The number of carbonyl (C=O) groups excluding carboxylic acids is 1. The second-order valence-corrected chi connectivity index (χ2v) is 4.33. The van der Waals surface area contributed by atoms with Crippen molar-refractivity contribution in [3.05, 3.63) is 11.6 Å². The van der Waals surface area contributed by atoms with Crippen LogP contribution in [-0.4, -0.2) is 37.1 Å². The average Bonchev–Trinajstić information content (AvgIpc) is 2.65. The molecule has 0 aromatic carbocycles. The maximum atomic E-state index is 11.8. The maximum Gasteiger partial charge on any atom is 0.246 e. The fourth-order valence-electron chi connectivity index (χ4n) is 1.75. The fourth-order valence-corrected chi connectivity index (χ4v) is 1.75. The van der Waals surface area contributed by atoms with Crippen molar-refractivity contribution in [3.63, 3.8) is 0 Å². The molecule has 1 fully saturated rings. The maximum absolute atomic E-state index is 11.8. The van der Waals surface area contributed by atoms with Gasteiger partial charge in [-0.25, -0.2) is 0 Å². The molecule has 86 valence electrons. The number of hydrogen-bond donors (Lipinski definition) is 0. The normalized spacial score (nSPS) is 20.1. The van der Waals surface area contributed by atoms with Crippen molar-refractivity contribution in [3.8, 4) is 0 Å². The minimum absolute atomic E-state index is 0.129. The van der Waals surface area contributed by atoms with Gasteiger partial charge in [-0.1, -0.05) is 5.57 Å². The first kappa shape index (κ1) is 12.2. The van der Waals surface area contributed by atoms with E-state index in [2.05, 4.69) is 0 Å². The smallest absolute Gasteiger partial charge is 0.246 e. The number of carbonyl (C=O) groups is 1. The molecule has 0 aromatic rings. The van der Waals surface area contributed by atoms with Crippen LogP contribution in [0.2, 0.25) is 0 Å². The molecule has 0 aromatic heterocycles. The molecule has 1 saturated heterocycles. The quantitative estimate of drug-likeness (QED) is 0.664. The van der Waals surface area contributed by atoms with Gasteiger partial charge in [-0.3, -0.25) is 4.79 Å². The molecule has 0 radical (unpaired) electrons. The van der Waals surface area contributed by atoms with Crippen LogP contribution in [0, 0.1) is 5.92 Å². The fraction of sp³-hybridized carbons (Fsp3) is 0.750. The Bertz CT molecular complexity index is 238. The monoisotopic (exact) mass is 211 g/mol. The zero-order valence-electron chi connectivity index (χ0n) is 9.95. The van der Waals surface area contributed by atoms with Crippen molar-refractivity contribution >= 4 is 5.91 Å². The molecular formula is C12H21NO2. The van der Waals surface area contributed by atoms with E-state index in [-0.39, 0.29) is 5.91 Å². The van der Waals surface area contributed by atoms with Crippen LogP contribution in [-0.2, 0) is 9.53 Å². The Morgan fingerprint density at radius 2 is 2.27 bits per heavy atom. The van der Waals surface area contributed by atoms with Crippen LogP contribution in [0.4, 0.5) is 0 Å². The van der Waals surface area contributed by atoms with Crippen LogP contribution in [0.5, 0.6) is 0 Å². The molecule has 1 rings (SSSR count). The first-order valence-electron chi connectivity index (χ1n) is 5.65. The standard InChI is InChI=1S/C12H21NO2/c1-4-13(12(14)7-10(2)3)8-11-5-6-15-9-11/h7,11H,4-6,8-9H2,1-3H3/t11-/m1/s1. The highest BCUT2D eigenvalue weighted by molar-refractivity contribution is 5.88. The molecule has 3 nitrogen and oxygen atoms in total. The van der Waals surface area contributed by atoms with Crippen LogP contribution in [0.3, 0.4) is 0 Å². The van der Waals surface area contributed by atoms with Gasteiger partial charge in [-0.15, -0.1) is 0 Å². The Morgan fingerprint density at radius 1 is 1.53 bits per heavy atom. The second kappa shape index (κ2) is 5.91. The highest BCUT2D eigenvalue weighted by atomic mass is 16.5. The summed E-state index contributed by atoms with van der Waals surface area (Å²) in [5.74, 6) is 0.656. The van der Waals surface area contributed by atoms with Crippen molar-refractivity contribution in [2.75, 3.05) is 26.3 Å². The van der Waals surface area contributed by atoms with Gasteiger partial charge in [0.2, 0.25) is 5.91 Å². The van der Waals surface area contributed by atoms with E-state index in [9.17, 15) is 4.79 Å². The average molecular weight is 211 g/mol. The minimum Gasteiger partial charge on any atom is -0.381 e. The van der Waals surface area contributed by atoms with Crippen LogP contribution in [0.15, 0.2) is 11.6 Å². The molecule has 15 heavy (non-hydrogen) atoms. The Morgan fingerprint density at radius 3 is 2.73 bits per heavy atom. The summed E-state index contributed by atoms with van der Waals surface area (Å²) in [5, 5.41) is 0. The zero-order chi connectivity index (χ0) is 11.3. The topological polar surface area (TPSA) is 29.5 Å². The Labute approximate surface area is 92.1 Å². The van der Waals surface area contributed by atoms with Gasteiger partial charge in [0.1, 0.15) is 0 Å². The number of rotatable bonds is 4. The SMILES string of the molecule is CCN(C[C@H]1CCOC1)C(=O)C=C(C)C. The van der Waals surface area contributed by atoms with E-state index in [0.717, 1.165) is 38.3 Å². The third kappa shape index (κ3) is 4.04. The first-order chi connectivity index (χ1) is 7.13. The predicted octanol–water partition coefficient (Wildman–Crippen LogP) is 1.84. The van der Waals surface area contributed by atoms with Crippen LogP contribution in [0.25, 0.3) is 0 Å². The number of hydrogen-bond acceptors (Lipinski definition) is 2. The number of allylic oxidation sites excluding steroid dienone is 1. The lowest BCUT2D eigenvalue weighted by Gasteiger charge is -2.22. The van der Waals surface area contributed by atoms with Gasteiger partial charge in [-0.05, 0) is 27.2 Å². The molecule has 1 aliphatic rings. The van der Waals surface area contributed by atoms with E-state index < -0.39 is 0 Å². The highest BCUT2D eigenvalue weighted by Gasteiger charge is 2.20. The summed E-state index contributed by atoms with van der Waals surface area (Å²) in [4.78, 5) is 13.7. The van der Waals surface area contributed by atoms with Gasteiger partial charge >= 0.3 is 0 Å². The number of ether oxygens (including phenoxy) is 1. The number of amides is 1. The van der Waals surface area contributed by atoms with E-state index in [1.807, 2.05) is 25.7 Å². The summed E-state index contributed by atoms with van der Waals surface area (Å²) < 4.78 is 5.31.